The highest BCUT2D eigenvalue weighted by molar-refractivity contribution is 5.94. The van der Waals surface area contributed by atoms with Crippen LogP contribution in [0.3, 0.4) is 0 Å². The third kappa shape index (κ3) is 4.69. The van der Waals surface area contributed by atoms with Gasteiger partial charge < -0.3 is 10.6 Å². The molecule has 1 amide bonds. The first-order valence-corrected chi connectivity index (χ1v) is 8.89. The van der Waals surface area contributed by atoms with Gasteiger partial charge in [0, 0.05) is 35.1 Å². The van der Waals surface area contributed by atoms with Crippen molar-refractivity contribution < 1.29 is 4.79 Å². The SMILES string of the molecule is CC1(C)CC(NC(=O)c2ccc(Cn3cccn3)cc2)CC(C)(C)N1. The van der Waals surface area contributed by atoms with Gasteiger partial charge in [-0.25, -0.2) is 0 Å². The van der Waals surface area contributed by atoms with Gasteiger partial charge in [-0.2, -0.15) is 5.10 Å². The summed E-state index contributed by atoms with van der Waals surface area (Å²) in [5.41, 5.74) is 1.88. The molecule has 1 aliphatic heterocycles. The number of carbonyl (C=O) groups excluding carboxylic acids is 1. The van der Waals surface area contributed by atoms with Gasteiger partial charge in [0.05, 0.1) is 6.54 Å². The second-order valence-corrected chi connectivity index (χ2v) is 8.37. The summed E-state index contributed by atoms with van der Waals surface area (Å²) in [5.74, 6) is 0.00383. The molecule has 1 aromatic carbocycles. The zero-order valence-electron chi connectivity index (χ0n) is 15.5. The van der Waals surface area contributed by atoms with Crippen LogP contribution in [0.2, 0.25) is 0 Å². The molecule has 0 radical (unpaired) electrons. The summed E-state index contributed by atoms with van der Waals surface area (Å²) in [4.78, 5) is 12.6. The van der Waals surface area contributed by atoms with Gasteiger partial charge in [-0.3, -0.25) is 9.48 Å². The molecule has 0 spiro atoms. The number of amides is 1. The van der Waals surface area contributed by atoms with Crippen molar-refractivity contribution >= 4 is 5.91 Å². The van der Waals surface area contributed by atoms with Gasteiger partial charge >= 0.3 is 0 Å². The number of hydrogen-bond acceptors (Lipinski definition) is 3. The van der Waals surface area contributed by atoms with E-state index >= 15 is 0 Å². The van der Waals surface area contributed by atoms with E-state index in [4.69, 9.17) is 0 Å². The summed E-state index contributed by atoms with van der Waals surface area (Å²) in [6.45, 7) is 9.48. The Morgan fingerprint density at radius 2 is 1.84 bits per heavy atom. The van der Waals surface area contributed by atoms with Crippen molar-refractivity contribution in [2.45, 2.75) is 64.2 Å². The predicted molar refractivity (Wildman–Crippen MR) is 99.6 cm³/mol. The number of nitrogens with one attached hydrogen (secondary N) is 2. The first kappa shape index (κ1) is 17.7. The molecule has 2 N–H and O–H groups in total. The average molecular weight is 340 g/mol. The van der Waals surface area contributed by atoms with Crippen LogP contribution in [0.25, 0.3) is 0 Å². The second-order valence-electron chi connectivity index (χ2n) is 8.37. The molecule has 3 rings (SSSR count). The van der Waals surface area contributed by atoms with E-state index in [1.165, 1.54) is 0 Å². The fraction of sp³-hybridized carbons (Fsp3) is 0.500. The number of carbonyl (C=O) groups is 1. The Morgan fingerprint density at radius 1 is 1.20 bits per heavy atom. The molecule has 0 atom stereocenters. The lowest BCUT2D eigenvalue weighted by molar-refractivity contribution is 0.0873. The highest BCUT2D eigenvalue weighted by Gasteiger charge is 2.38. The van der Waals surface area contributed by atoms with E-state index in [2.05, 4.69) is 43.4 Å². The molecule has 1 aromatic heterocycles. The van der Waals surface area contributed by atoms with Crippen molar-refractivity contribution in [2.75, 3.05) is 0 Å². The van der Waals surface area contributed by atoms with E-state index in [-0.39, 0.29) is 23.0 Å². The predicted octanol–water partition coefficient (Wildman–Crippen LogP) is 2.97. The maximum Gasteiger partial charge on any atom is 0.251 e. The molecule has 1 saturated heterocycles. The monoisotopic (exact) mass is 340 g/mol. The van der Waals surface area contributed by atoms with Gasteiger partial charge in [0.15, 0.2) is 0 Å². The van der Waals surface area contributed by atoms with Crippen LogP contribution in [0.15, 0.2) is 42.7 Å². The van der Waals surface area contributed by atoms with Crippen LogP contribution in [-0.2, 0) is 6.54 Å². The van der Waals surface area contributed by atoms with Crippen LogP contribution in [0, 0.1) is 0 Å². The van der Waals surface area contributed by atoms with E-state index in [1.54, 1.807) is 6.20 Å². The largest absolute Gasteiger partial charge is 0.349 e. The van der Waals surface area contributed by atoms with Crippen LogP contribution in [0.5, 0.6) is 0 Å². The van der Waals surface area contributed by atoms with Gasteiger partial charge in [-0.15, -0.1) is 0 Å². The Balaban J connectivity index is 1.63. The number of piperidine rings is 1. The van der Waals surface area contributed by atoms with Gasteiger partial charge in [0.25, 0.3) is 5.91 Å². The Labute approximate surface area is 149 Å². The maximum atomic E-state index is 12.6. The molecule has 0 saturated carbocycles. The first-order valence-electron chi connectivity index (χ1n) is 8.89. The van der Waals surface area contributed by atoms with Crippen LogP contribution in [-0.4, -0.2) is 32.8 Å². The highest BCUT2D eigenvalue weighted by Crippen LogP contribution is 2.28. The number of hydrogen-bond donors (Lipinski definition) is 2. The van der Waals surface area contributed by atoms with Gasteiger partial charge in [0.2, 0.25) is 0 Å². The Kier molecular flexibility index (Phi) is 4.69. The summed E-state index contributed by atoms with van der Waals surface area (Å²) in [5, 5.41) is 11.1. The fourth-order valence-electron chi connectivity index (χ4n) is 4.04. The second kappa shape index (κ2) is 6.64. The van der Waals surface area contributed by atoms with Crippen LogP contribution in [0.4, 0.5) is 0 Å². The Morgan fingerprint density at radius 3 is 2.40 bits per heavy atom. The minimum atomic E-state index is 0.00383. The van der Waals surface area contributed by atoms with Crippen molar-refractivity contribution in [3.63, 3.8) is 0 Å². The first-order chi connectivity index (χ1) is 11.7. The minimum absolute atomic E-state index is 0.00383. The summed E-state index contributed by atoms with van der Waals surface area (Å²) >= 11 is 0. The normalized spacial score (nSPS) is 19.5. The van der Waals surface area contributed by atoms with Gasteiger partial charge in [0.1, 0.15) is 0 Å². The summed E-state index contributed by atoms with van der Waals surface area (Å²) in [6, 6.07) is 9.86. The molecule has 1 aliphatic rings. The molecule has 0 aliphatic carbocycles. The quantitative estimate of drug-likeness (QED) is 0.899. The van der Waals surface area contributed by atoms with Crippen LogP contribution in [0.1, 0.15) is 56.5 Å². The summed E-state index contributed by atoms with van der Waals surface area (Å²) in [6.07, 6.45) is 5.56. The molecule has 5 nitrogen and oxygen atoms in total. The van der Waals surface area contributed by atoms with Gasteiger partial charge in [-0.05, 0) is 64.3 Å². The molecule has 134 valence electrons. The molecule has 5 heteroatoms. The zero-order valence-corrected chi connectivity index (χ0v) is 15.5. The van der Waals surface area contributed by atoms with Crippen molar-refractivity contribution in [1.29, 1.82) is 0 Å². The standard InChI is InChI=1S/C20H28N4O/c1-19(2)12-17(13-20(3,4)23-19)22-18(25)16-8-6-15(7-9-16)14-24-11-5-10-21-24/h5-11,17,23H,12-14H2,1-4H3,(H,22,25). The molecule has 2 aromatic rings. The Bertz CT molecular complexity index is 701. The molecule has 2 heterocycles. The van der Waals surface area contributed by atoms with Crippen molar-refractivity contribution in [1.82, 2.24) is 20.4 Å². The van der Waals surface area contributed by atoms with E-state index in [1.807, 2.05) is 41.2 Å². The topological polar surface area (TPSA) is 59.0 Å². The summed E-state index contributed by atoms with van der Waals surface area (Å²) in [7, 11) is 0. The van der Waals surface area contributed by atoms with Crippen molar-refractivity contribution in [3.8, 4) is 0 Å². The lowest BCUT2D eigenvalue weighted by Crippen LogP contribution is -2.62. The van der Waals surface area contributed by atoms with E-state index < -0.39 is 0 Å². The highest BCUT2D eigenvalue weighted by atomic mass is 16.1. The van der Waals surface area contributed by atoms with Crippen molar-refractivity contribution in [2.24, 2.45) is 0 Å². The third-order valence-electron chi connectivity index (χ3n) is 4.65. The number of benzene rings is 1. The van der Waals surface area contributed by atoms with E-state index in [0.29, 0.717) is 12.1 Å². The van der Waals surface area contributed by atoms with Crippen LogP contribution >= 0.6 is 0 Å². The molecule has 1 fully saturated rings. The maximum absolute atomic E-state index is 12.6. The minimum Gasteiger partial charge on any atom is -0.349 e. The third-order valence-corrected chi connectivity index (χ3v) is 4.65. The molecular weight excluding hydrogens is 312 g/mol. The van der Waals surface area contributed by atoms with Crippen LogP contribution < -0.4 is 10.6 Å². The molecular formula is C20H28N4O. The fourth-order valence-corrected chi connectivity index (χ4v) is 4.04. The summed E-state index contributed by atoms with van der Waals surface area (Å²) < 4.78 is 1.87. The average Bonchev–Trinajstić information content (AvgIpc) is 2.97. The van der Waals surface area contributed by atoms with Crippen molar-refractivity contribution in [3.05, 3.63) is 53.9 Å². The number of aromatic nitrogens is 2. The molecule has 25 heavy (non-hydrogen) atoms. The lowest BCUT2D eigenvalue weighted by atomic mass is 9.79. The van der Waals surface area contributed by atoms with Gasteiger partial charge in [-0.1, -0.05) is 12.1 Å². The smallest absolute Gasteiger partial charge is 0.251 e. The molecule has 0 unspecified atom stereocenters. The zero-order chi connectivity index (χ0) is 18.1. The van der Waals surface area contributed by atoms with E-state index in [9.17, 15) is 4.79 Å². The number of nitrogens with zero attached hydrogens (tertiary/aromatic N) is 2. The number of rotatable bonds is 4. The van der Waals surface area contributed by atoms with E-state index in [0.717, 1.165) is 18.4 Å². The molecule has 0 bridgehead atoms. The lowest BCUT2D eigenvalue weighted by Gasteiger charge is -2.46. The Hall–Kier alpha value is -2.14.